The number of aliphatic hydroxyl groups is 1. The SMILES string of the molecule is Cc1ccc([C@H](Nc2ccccc2)[C@H](O)C#N)cc1. The van der Waals surface area contributed by atoms with Gasteiger partial charge in [0.1, 0.15) is 0 Å². The molecule has 96 valence electrons. The quantitative estimate of drug-likeness (QED) is 0.822. The zero-order valence-electron chi connectivity index (χ0n) is 10.7. The van der Waals surface area contributed by atoms with Crippen molar-refractivity contribution in [3.05, 3.63) is 65.7 Å². The summed E-state index contributed by atoms with van der Waals surface area (Å²) in [6.07, 6.45) is -1.09. The number of aryl methyl sites for hydroxylation is 1. The fourth-order valence-electron chi connectivity index (χ4n) is 1.91. The molecule has 3 heteroatoms. The second-order valence-corrected chi connectivity index (χ2v) is 4.47. The Bertz CT molecular complexity index is 558. The fourth-order valence-corrected chi connectivity index (χ4v) is 1.91. The van der Waals surface area contributed by atoms with E-state index >= 15 is 0 Å². The van der Waals surface area contributed by atoms with Crippen molar-refractivity contribution in [3.8, 4) is 6.07 Å². The minimum atomic E-state index is -1.09. The van der Waals surface area contributed by atoms with Crippen LogP contribution in [0, 0.1) is 18.3 Å². The second-order valence-electron chi connectivity index (χ2n) is 4.47. The molecule has 0 radical (unpaired) electrons. The van der Waals surface area contributed by atoms with Crippen LogP contribution in [0.5, 0.6) is 0 Å². The number of aliphatic hydroxyl groups excluding tert-OH is 1. The summed E-state index contributed by atoms with van der Waals surface area (Å²) in [5.74, 6) is 0. The third kappa shape index (κ3) is 3.34. The van der Waals surface area contributed by atoms with E-state index in [9.17, 15) is 5.11 Å². The van der Waals surface area contributed by atoms with Crippen molar-refractivity contribution >= 4 is 5.69 Å². The van der Waals surface area contributed by atoms with Crippen LogP contribution >= 0.6 is 0 Å². The lowest BCUT2D eigenvalue weighted by Gasteiger charge is -2.21. The summed E-state index contributed by atoms with van der Waals surface area (Å²) in [6, 6.07) is 18.8. The van der Waals surface area contributed by atoms with Gasteiger partial charge in [0, 0.05) is 5.69 Å². The Balaban J connectivity index is 2.27. The summed E-state index contributed by atoms with van der Waals surface area (Å²) >= 11 is 0. The van der Waals surface area contributed by atoms with E-state index in [1.807, 2.05) is 67.6 Å². The van der Waals surface area contributed by atoms with E-state index in [1.165, 1.54) is 0 Å². The van der Waals surface area contributed by atoms with Crippen molar-refractivity contribution in [2.24, 2.45) is 0 Å². The molecule has 0 amide bonds. The molecule has 0 bridgehead atoms. The first kappa shape index (κ1) is 13.1. The van der Waals surface area contributed by atoms with Crippen LogP contribution in [0.25, 0.3) is 0 Å². The lowest BCUT2D eigenvalue weighted by atomic mass is 10.0. The molecular formula is C16H16N2O. The molecule has 2 aromatic carbocycles. The van der Waals surface area contributed by atoms with Crippen molar-refractivity contribution < 1.29 is 5.11 Å². The van der Waals surface area contributed by atoms with Gasteiger partial charge >= 0.3 is 0 Å². The summed E-state index contributed by atoms with van der Waals surface area (Å²) in [7, 11) is 0. The fraction of sp³-hybridized carbons (Fsp3) is 0.188. The number of hydrogen-bond donors (Lipinski definition) is 2. The van der Waals surface area contributed by atoms with E-state index in [0.29, 0.717) is 0 Å². The number of anilines is 1. The Morgan fingerprint density at radius 1 is 1.05 bits per heavy atom. The van der Waals surface area contributed by atoms with Gasteiger partial charge in [-0.1, -0.05) is 48.0 Å². The lowest BCUT2D eigenvalue weighted by molar-refractivity contribution is 0.207. The molecule has 0 heterocycles. The molecule has 2 aromatic rings. The van der Waals surface area contributed by atoms with E-state index in [2.05, 4.69) is 5.32 Å². The smallest absolute Gasteiger partial charge is 0.164 e. The number of nitrogens with one attached hydrogen (secondary N) is 1. The van der Waals surface area contributed by atoms with Crippen LogP contribution in [0.4, 0.5) is 5.69 Å². The predicted molar refractivity (Wildman–Crippen MR) is 75.6 cm³/mol. The van der Waals surface area contributed by atoms with Gasteiger partial charge in [-0.3, -0.25) is 0 Å². The Kier molecular flexibility index (Phi) is 4.17. The van der Waals surface area contributed by atoms with Crippen molar-refractivity contribution in [2.75, 3.05) is 5.32 Å². The second kappa shape index (κ2) is 6.03. The van der Waals surface area contributed by atoms with Gasteiger partial charge in [-0.25, -0.2) is 0 Å². The highest BCUT2D eigenvalue weighted by molar-refractivity contribution is 5.46. The zero-order valence-corrected chi connectivity index (χ0v) is 10.7. The summed E-state index contributed by atoms with van der Waals surface area (Å²) in [5.41, 5.74) is 2.92. The first-order valence-corrected chi connectivity index (χ1v) is 6.16. The van der Waals surface area contributed by atoms with Gasteiger partial charge in [0.15, 0.2) is 6.10 Å². The van der Waals surface area contributed by atoms with Crippen LogP contribution in [0.15, 0.2) is 54.6 Å². The summed E-state index contributed by atoms with van der Waals surface area (Å²) < 4.78 is 0. The molecule has 0 saturated carbocycles. The van der Waals surface area contributed by atoms with Crippen LogP contribution in [-0.2, 0) is 0 Å². The molecule has 0 spiro atoms. The van der Waals surface area contributed by atoms with Crippen LogP contribution in [0.2, 0.25) is 0 Å². The first-order valence-electron chi connectivity index (χ1n) is 6.16. The molecule has 0 aliphatic carbocycles. The van der Waals surface area contributed by atoms with Crippen LogP contribution < -0.4 is 5.32 Å². The maximum atomic E-state index is 9.88. The molecule has 0 aromatic heterocycles. The maximum Gasteiger partial charge on any atom is 0.164 e. The van der Waals surface area contributed by atoms with Crippen molar-refractivity contribution in [3.63, 3.8) is 0 Å². The molecule has 0 aliphatic rings. The zero-order chi connectivity index (χ0) is 13.7. The normalized spacial score (nSPS) is 13.3. The van der Waals surface area contributed by atoms with Crippen molar-refractivity contribution in [1.82, 2.24) is 0 Å². The van der Waals surface area contributed by atoms with E-state index in [0.717, 1.165) is 16.8 Å². The Morgan fingerprint density at radius 3 is 2.26 bits per heavy atom. The van der Waals surface area contributed by atoms with Gasteiger partial charge in [-0.05, 0) is 24.6 Å². The van der Waals surface area contributed by atoms with Crippen molar-refractivity contribution in [1.29, 1.82) is 5.26 Å². The van der Waals surface area contributed by atoms with Gasteiger partial charge in [0.2, 0.25) is 0 Å². The molecule has 19 heavy (non-hydrogen) atoms. The van der Waals surface area contributed by atoms with Gasteiger partial charge in [-0.2, -0.15) is 5.26 Å². The molecule has 2 rings (SSSR count). The van der Waals surface area contributed by atoms with Crippen LogP contribution in [0.1, 0.15) is 17.2 Å². The maximum absolute atomic E-state index is 9.88. The van der Waals surface area contributed by atoms with Gasteiger partial charge in [-0.15, -0.1) is 0 Å². The first-order chi connectivity index (χ1) is 9.20. The lowest BCUT2D eigenvalue weighted by Crippen LogP contribution is -2.24. The highest BCUT2D eigenvalue weighted by Gasteiger charge is 2.20. The average molecular weight is 252 g/mol. The number of benzene rings is 2. The average Bonchev–Trinajstić information content (AvgIpc) is 2.46. The summed E-state index contributed by atoms with van der Waals surface area (Å²) in [5, 5.41) is 22.0. The number of hydrogen-bond acceptors (Lipinski definition) is 3. The Hall–Kier alpha value is -2.31. The molecule has 3 nitrogen and oxygen atoms in total. The molecule has 2 atom stereocenters. The number of rotatable bonds is 4. The standard InChI is InChI=1S/C16H16N2O/c1-12-7-9-13(10-8-12)16(15(19)11-17)18-14-5-3-2-4-6-14/h2-10,15-16,18-19H,1H3/t15-,16+/m1/s1. The summed E-state index contributed by atoms with van der Waals surface area (Å²) in [4.78, 5) is 0. The van der Waals surface area contributed by atoms with Crippen molar-refractivity contribution in [2.45, 2.75) is 19.1 Å². The number of nitriles is 1. The molecule has 0 saturated heterocycles. The van der Waals surface area contributed by atoms with Crippen LogP contribution in [0.3, 0.4) is 0 Å². The molecule has 2 N–H and O–H groups in total. The molecule has 0 aliphatic heterocycles. The molecule has 0 unspecified atom stereocenters. The highest BCUT2D eigenvalue weighted by atomic mass is 16.3. The largest absolute Gasteiger partial charge is 0.376 e. The minimum absolute atomic E-state index is 0.437. The highest BCUT2D eigenvalue weighted by Crippen LogP contribution is 2.23. The number of nitrogens with zero attached hydrogens (tertiary/aromatic N) is 1. The van der Waals surface area contributed by atoms with Gasteiger partial charge < -0.3 is 10.4 Å². The van der Waals surface area contributed by atoms with E-state index < -0.39 is 12.1 Å². The van der Waals surface area contributed by atoms with Gasteiger partial charge in [0.25, 0.3) is 0 Å². The Morgan fingerprint density at radius 2 is 1.68 bits per heavy atom. The van der Waals surface area contributed by atoms with Gasteiger partial charge in [0.05, 0.1) is 12.1 Å². The topological polar surface area (TPSA) is 56.0 Å². The monoisotopic (exact) mass is 252 g/mol. The minimum Gasteiger partial charge on any atom is -0.376 e. The van der Waals surface area contributed by atoms with E-state index in [4.69, 9.17) is 5.26 Å². The van der Waals surface area contributed by atoms with E-state index in [1.54, 1.807) is 0 Å². The van der Waals surface area contributed by atoms with E-state index in [-0.39, 0.29) is 0 Å². The van der Waals surface area contributed by atoms with Crippen LogP contribution in [-0.4, -0.2) is 11.2 Å². The Labute approximate surface area is 113 Å². The third-order valence-electron chi connectivity index (χ3n) is 2.98. The number of para-hydroxylation sites is 1. The third-order valence-corrected chi connectivity index (χ3v) is 2.98. The predicted octanol–water partition coefficient (Wildman–Crippen LogP) is 3.03. The molecule has 0 fully saturated rings. The molecular weight excluding hydrogens is 236 g/mol. The summed E-state index contributed by atoms with van der Waals surface area (Å²) in [6.45, 7) is 2.00.